The number of carbonyl (C=O) groups is 1. The first-order chi connectivity index (χ1) is 12.9. The Kier molecular flexibility index (Phi) is 6.01. The number of hydrogen-bond acceptors (Lipinski definition) is 5. The predicted octanol–water partition coefficient (Wildman–Crippen LogP) is 3.85. The van der Waals surface area contributed by atoms with E-state index in [1.54, 1.807) is 34.6 Å². The lowest BCUT2D eigenvalue weighted by atomic mass is 10.2. The van der Waals surface area contributed by atoms with Gasteiger partial charge < -0.3 is 4.90 Å². The number of thioether (sulfide) groups is 1. The van der Waals surface area contributed by atoms with E-state index in [0.717, 1.165) is 20.8 Å². The second-order valence-corrected chi connectivity index (χ2v) is 8.64. The van der Waals surface area contributed by atoms with Crippen LogP contribution in [0.5, 0.6) is 0 Å². The Balaban J connectivity index is 1.66. The van der Waals surface area contributed by atoms with Crippen LogP contribution in [0.4, 0.5) is 0 Å². The fraction of sp³-hybridized carbons (Fsp3) is 0.350. The maximum atomic E-state index is 12.7. The quantitative estimate of drug-likeness (QED) is 0.589. The molecule has 142 valence electrons. The van der Waals surface area contributed by atoms with E-state index in [4.69, 9.17) is 0 Å². The zero-order valence-electron chi connectivity index (χ0n) is 16.0. The van der Waals surface area contributed by atoms with Gasteiger partial charge in [-0.2, -0.15) is 0 Å². The molecular weight excluding hydrogens is 378 g/mol. The molecule has 0 N–H and O–H groups in total. The third-order valence-corrected chi connectivity index (χ3v) is 6.59. The van der Waals surface area contributed by atoms with Crippen LogP contribution in [0.1, 0.15) is 22.4 Å². The highest BCUT2D eigenvalue weighted by molar-refractivity contribution is 7.98. The smallest absolute Gasteiger partial charge is 0.262 e. The summed E-state index contributed by atoms with van der Waals surface area (Å²) in [6.07, 6.45) is 3.86. The molecule has 5 nitrogen and oxygen atoms in total. The van der Waals surface area contributed by atoms with Crippen molar-refractivity contribution in [3.63, 3.8) is 0 Å². The summed E-state index contributed by atoms with van der Waals surface area (Å²) < 4.78 is 1.54. The normalized spacial score (nSPS) is 11.1. The van der Waals surface area contributed by atoms with E-state index in [1.165, 1.54) is 16.2 Å². The summed E-state index contributed by atoms with van der Waals surface area (Å²) >= 11 is 3.23. The van der Waals surface area contributed by atoms with E-state index in [0.29, 0.717) is 18.5 Å². The SMILES string of the molecule is CSc1ccc(CN(C)C(=O)CCn2cnc3sc(C)c(C)c3c2=O)cc1. The van der Waals surface area contributed by atoms with Crippen LogP contribution in [0.2, 0.25) is 0 Å². The van der Waals surface area contributed by atoms with Crippen molar-refractivity contribution in [1.82, 2.24) is 14.5 Å². The molecule has 0 fully saturated rings. The highest BCUT2D eigenvalue weighted by atomic mass is 32.2. The minimum Gasteiger partial charge on any atom is -0.341 e. The van der Waals surface area contributed by atoms with Crippen LogP contribution in [0, 0.1) is 13.8 Å². The van der Waals surface area contributed by atoms with E-state index in [1.807, 2.05) is 32.2 Å². The first-order valence-electron chi connectivity index (χ1n) is 8.72. The van der Waals surface area contributed by atoms with Crippen molar-refractivity contribution in [3.8, 4) is 0 Å². The van der Waals surface area contributed by atoms with Crippen molar-refractivity contribution in [3.05, 3.63) is 57.0 Å². The van der Waals surface area contributed by atoms with Gasteiger partial charge in [0.1, 0.15) is 4.83 Å². The standard InChI is InChI=1S/C20H23N3O2S2/c1-13-14(2)27-19-18(13)20(25)23(12-21-19)10-9-17(24)22(3)11-15-5-7-16(26-4)8-6-15/h5-8,12H,9-11H2,1-4H3. The highest BCUT2D eigenvalue weighted by Crippen LogP contribution is 2.25. The van der Waals surface area contributed by atoms with E-state index in [2.05, 4.69) is 17.1 Å². The van der Waals surface area contributed by atoms with Gasteiger partial charge >= 0.3 is 0 Å². The fourth-order valence-corrected chi connectivity index (χ4v) is 4.32. The highest BCUT2D eigenvalue weighted by Gasteiger charge is 2.14. The topological polar surface area (TPSA) is 55.2 Å². The first kappa shape index (κ1) is 19.6. The van der Waals surface area contributed by atoms with Gasteiger partial charge in [0, 0.05) is 36.3 Å². The third kappa shape index (κ3) is 4.25. The molecular formula is C20H23N3O2S2. The summed E-state index contributed by atoms with van der Waals surface area (Å²) in [5.41, 5.74) is 2.01. The molecule has 0 aliphatic heterocycles. The molecule has 0 aliphatic carbocycles. The van der Waals surface area contributed by atoms with Crippen LogP contribution in [-0.2, 0) is 17.9 Å². The van der Waals surface area contributed by atoms with Crippen molar-refractivity contribution in [1.29, 1.82) is 0 Å². The Morgan fingerprint density at radius 2 is 1.96 bits per heavy atom. The summed E-state index contributed by atoms with van der Waals surface area (Å²) in [6, 6.07) is 8.20. The second-order valence-electron chi connectivity index (χ2n) is 6.55. The number of amides is 1. The van der Waals surface area contributed by atoms with Gasteiger partial charge in [0.05, 0.1) is 11.7 Å². The van der Waals surface area contributed by atoms with E-state index in [-0.39, 0.29) is 17.9 Å². The number of thiophene rings is 1. The van der Waals surface area contributed by atoms with Crippen LogP contribution >= 0.6 is 23.1 Å². The number of aryl methyl sites for hydroxylation is 3. The van der Waals surface area contributed by atoms with Gasteiger partial charge in [-0.3, -0.25) is 14.2 Å². The van der Waals surface area contributed by atoms with Crippen molar-refractivity contribution in [2.75, 3.05) is 13.3 Å². The molecule has 0 aliphatic rings. The van der Waals surface area contributed by atoms with Gasteiger partial charge in [0.25, 0.3) is 5.56 Å². The summed E-state index contributed by atoms with van der Waals surface area (Å²) in [7, 11) is 1.79. The molecule has 3 rings (SSSR count). The number of fused-ring (bicyclic) bond motifs is 1. The van der Waals surface area contributed by atoms with E-state index < -0.39 is 0 Å². The number of benzene rings is 1. The van der Waals surface area contributed by atoms with Crippen LogP contribution in [0.25, 0.3) is 10.2 Å². The Morgan fingerprint density at radius 1 is 1.26 bits per heavy atom. The van der Waals surface area contributed by atoms with Crippen molar-refractivity contribution < 1.29 is 4.79 Å². The Hall–Kier alpha value is -2.12. The fourth-order valence-electron chi connectivity index (χ4n) is 2.93. The lowest BCUT2D eigenvalue weighted by Gasteiger charge is -2.18. The van der Waals surface area contributed by atoms with Crippen molar-refractivity contribution in [2.24, 2.45) is 0 Å². The minimum absolute atomic E-state index is 0.00848. The maximum Gasteiger partial charge on any atom is 0.262 e. The largest absolute Gasteiger partial charge is 0.341 e. The van der Waals surface area contributed by atoms with Crippen molar-refractivity contribution in [2.45, 2.75) is 38.3 Å². The molecule has 0 saturated carbocycles. The lowest BCUT2D eigenvalue weighted by molar-refractivity contribution is -0.130. The number of aromatic nitrogens is 2. The van der Waals surface area contributed by atoms with Crippen molar-refractivity contribution >= 4 is 39.2 Å². The zero-order chi connectivity index (χ0) is 19.6. The average molecular weight is 402 g/mol. The number of hydrogen-bond donors (Lipinski definition) is 0. The van der Waals surface area contributed by atoms with E-state index in [9.17, 15) is 9.59 Å². The van der Waals surface area contributed by atoms with Crippen LogP contribution in [0.15, 0.2) is 40.3 Å². The third-order valence-electron chi connectivity index (χ3n) is 4.73. The van der Waals surface area contributed by atoms with Gasteiger partial charge in [-0.15, -0.1) is 23.1 Å². The molecule has 0 saturated heterocycles. The molecule has 0 bridgehead atoms. The van der Waals surface area contributed by atoms with Crippen LogP contribution in [0.3, 0.4) is 0 Å². The Bertz CT molecular complexity index is 1020. The van der Waals surface area contributed by atoms with Gasteiger partial charge in [-0.05, 0) is 43.4 Å². The molecule has 27 heavy (non-hydrogen) atoms. The van der Waals surface area contributed by atoms with Crippen LogP contribution < -0.4 is 5.56 Å². The van der Waals surface area contributed by atoms with Gasteiger partial charge in [0.2, 0.25) is 5.91 Å². The molecule has 7 heteroatoms. The average Bonchev–Trinajstić information content (AvgIpc) is 2.96. The molecule has 0 atom stereocenters. The van der Waals surface area contributed by atoms with Gasteiger partial charge in [-0.1, -0.05) is 12.1 Å². The second kappa shape index (κ2) is 8.27. The monoisotopic (exact) mass is 401 g/mol. The molecule has 2 aromatic heterocycles. The lowest BCUT2D eigenvalue weighted by Crippen LogP contribution is -2.29. The Morgan fingerprint density at radius 3 is 2.63 bits per heavy atom. The molecule has 1 aromatic carbocycles. The maximum absolute atomic E-state index is 12.7. The number of carbonyl (C=O) groups excluding carboxylic acids is 1. The van der Waals surface area contributed by atoms with E-state index >= 15 is 0 Å². The van der Waals surface area contributed by atoms with Gasteiger partial charge in [-0.25, -0.2) is 4.98 Å². The number of rotatable bonds is 6. The Labute approximate surface area is 167 Å². The predicted molar refractivity (Wildman–Crippen MR) is 113 cm³/mol. The minimum atomic E-state index is -0.0649. The summed E-state index contributed by atoms with van der Waals surface area (Å²) in [5.74, 6) is 0.00848. The number of nitrogens with zero attached hydrogens (tertiary/aromatic N) is 3. The summed E-state index contributed by atoms with van der Waals surface area (Å²) in [6.45, 7) is 4.84. The molecule has 0 unspecified atom stereocenters. The zero-order valence-corrected chi connectivity index (χ0v) is 17.6. The molecule has 2 heterocycles. The van der Waals surface area contributed by atoms with Crippen LogP contribution in [-0.4, -0.2) is 33.7 Å². The summed E-state index contributed by atoms with van der Waals surface area (Å²) in [5, 5.41) is 0.676. The van der Waals surface area contributed by atoms with Gasteiger partial charge in [0.15, 0.2) is 0 Å². The molecule has 1 amide bonds. The molecule has 3 aromatic rings. The first-order valence-corrected chi connectivity index (χ1v) is 10.8. The summed E-state index contributed by atoms with van der Waals surface area (Å²) in [4.78, 5) is 34.3. The molecule has 0 radical (unpaired) electrons. The molecule has 0 spiro atoms.